The number of ether oxygens (including phenoxy) is 3. The molecule has 0 atom stereocenters. The molecule has 0 aliphatic rings. The van der Waals surface area contributed by atoms with Gasteiger partial charge in [-0.15, -0.1) is 0 Å². The Hall–Kier alpha value is -1.43. The van der Waals surface area contributed by atoms with Crippen molar-refractivity contribution >= 4 is 28.9 Å². The van der Waals surface area contributed by atoms with Crippen LogP contribution in [0.5, 0.6) is 11.5 Å². The first kappa shape index (κ1) is 28.6. The molecular formula is C25H39Cl2NO4. The van der Waals surface area contributed by atoms with Crippen molar-refractivity contribution in [3.8, 4) is 11.5 Å². The number of rotatable bonds is 15. The Morgan fingerprint density at radius 3 is 2.16 bits per heavy atom. The quantitative estimate of drug-likeness (QED) is 0.148. The van der Waals surface area contributed by atoms with E-state index >= 15 is 0 Å². The van der Waals surface area contributed by atoms with Gasteiger partial charge in [0.1, 0.15) is 28.2 Å². The van der Waals surface area contributed by atoms with E-state index in [1.54, 1.807) is 6.08 Å². The molecule has 0 spiro atoms. The third-order valence-electron chi connectivity index (χ3n) is 4.43. The van der Waals surface area contributed by atoms with Crippen LogP contribution in [0, 0.1) is 0 Å². The summed E-state index contributed by atoms with van der Waals surface area (Å²) in [5.74, 6) is 1.79. The lowest BCUT2D eigenvalue weighted by molar-refractivity contribution is -0.000649. The van der Waals surface area contributed by atoms with Crippen LogP contribution in [0.25, 0.3) is 0 Å². The number of oxime groups is 1. The van der Waals surface area contributed by atoms with Gasteiger partial charge in [0.2, 0.25) is 0 Å². The van der Waals surface area contributed by atoms with Crippen molar-refractivity contribution in [3.63, 3.8) is 0 Å². The largest absolute Gasteiger partial charge is 0.493 e. The number of unbranched alkanes of at least 4 members (excludes halogenated alkanes) is 2. The molecule has 0 saturated carbocycles. The fourth-order valence-electron chi connectivity index (χ4n) is 2.84. The molecule has 1 aromatic rings. The highest BCUT2D eigenvalue weighted by Crippen LogP contribution is 2.31. The molecule has 0 aliphatic heterocycles. The molecule has 32 heavy (non-hydrogen) atoms. The predicted octanol–water partition coefficient (Wildman–Crippen LogP) is 7.27. The predicted molar refractivity (Wildman–Crippen MR) is 135 cm³/mol. The van der Waals surface area contributed by atoms with E-state index in [1.807, 2.05) is 39.8 Å². The van der Waals surface area contributed by atoms with Gasteiger partial charge in [-0.3, -0.25) is 0 Å². The molecule has 0 aromatic heterocycles. The SMILES string of the molecule is CCc1cc(OCC=C(Cl)Cl)cc(CC)c1OCCCCCOCC(C)=NOC(C)(C)C. The zero-order valence-corrected chi connectivity index (χ0v) is 21.9. The van der Waals surface area contributed by atoms with Crippen molar-refractivity contribution in [1.82, 2.24) is 0 Å². The van der Waals surface area contributed by atoms with E-state index in [2.05, 4.69) is 19.0 Å². The minimum atomic E-state index is -0.278. The summed E-state index contributed by atoms with van der Waals surface area (Å²) in [6.45, 7) is 14.3. The number of nitrogens with zero attached hydrogens (tertiary/aromatic N) is 1. The molecular weight excluding hydrogens is 449 g/mol. The average Bonchev–Trinajstić information content (AvgIpc) is 2.73. The van der Waals surface area contributed by atoms with E-state index in [9.17, 15) is 0 Å². The second-order valence-electron chi connectivity index (χ2n) is 8.57. The topological polar surface area (TPSA) is 49.3 Å². The van der Waals surface area contributed by atoms with Crippen LogP contribution in [0.3, 0.4) is 0 Å². The van der Waals surface area contributed by atoms with Crippen LogP contribution >= 0.6 is 23.2 Å². The first-order chi connectivity index (χ1) is 15.2. The minimum Gasteiger partial charge on any atom is -0.493 e. The fourth-order valence-corrected chi connectivity index (χ4v) is 2.96. The highest BCUT2D eigenvalue weighted by molar-refractivity contribution is 6.55. The summed E-state index contributed by atoms with van der Waals surface area (Å²) >= 11 is 11.3. The minimum absolute atomic E-state index is 0.208. The maximum absolute atomic E-state index is 6.17. The first-order valence-electron chi connectivity index (χ1n) is 11.4. The molecule has 0 N–H and O–H groups in total. The Balaban J connectivity index is 2.40. The van der Waals surface area contributed by atoms with Crippen LogP contribution in [-0.2, 0) is 22.4 Å². The van der Waals surface area contributed by atoms with Gasteiger partial charge in [-0.1, -0.05) is 42.2 Å². The van der Waals surface area contributed by atoms with Crippen molar-refractivity contribution in [2.75, 3.05) is 26.4 Å². The van der Waals surface area contributed by atoms with Crippen LogP contribution < -0.4 is 9.47 Å². The highest BCUT2D eigenvalue weighted by atomic mass is 35.5. The van der Waals surface area contributed by atoms with Crippen molar-refractivity contribution < 1.29 is 19.0 Å². The molecule has 0 radical (unpaired) electrons. The van der Waals surface area contributed by atoms with E-state index in [1.165, 1.54) is 0 Å². The molecule has 5 nitrogen and oxygen atoms in total. The standard InChI is InChI=1S/C25H39Cl2NO4/c1-7-20-16-22(30-15-12-23(26)27)17-21(8-2)24(20)31-14-11-9-10-13-29-18-19(3)28-32-25(4,5)6/h12,16-17H,7-11,13-15,18H2,1-6H3. The maximum atomic E-state index is 6.17. The van der Waals surface area contributed by atoms with E-state index in [0.29, 0.717) is 26.4 Å². The molecule has 0 aliphatic carbocycles. The van der Waals surface area contributed by atoms with E-state index in [4.69, 9.17) is 42.3 Å². The van der Waals surface area contributed by atoms with Crippen molar-refractivity contribution in [1.29, 1.82) is 0 Å². The number of halogens is 2. The van der Waals surface area contributed by atoms with Gasteiger partial charge in [-0.05, 0) is 89.1 Å². The summed E-state index contributed by atoms with van der Waals surface area (Å²) < 4.78 is 17.8. The molecule has 7 heteroatoms. The second kappa shape index (κ2) is 15.4. The van der Waals surface area contributed by atoms with Crippen molar-refractivity contribution in [3.05, 3.63) is 33.8 Å². The van der Waals surface area contributed by atoms with Gasteiger partial charge in [0.15, 0.2) is 0 Å². The van der Waals surface area contributed by atoms with E-state index in [-0.39, 0.29) is 10.1 Å². The third-order valence-corrected chi connectivity index (χ3v) is 4.74. The number of hydrogen-bond acceptors (Lipinski definition) is 5. The lowest BCUT2D eigenvalue weighted by atomic mass is 10.0. The molecule has 1 rings (SSSR count). The Morgan fingerprint density at radius 2 is 1.59 bits per heavy atom. The summed E-state index contributed by atoms with van der Waals surface area (Å²) in [4.78, 5) is 5.39. The number of benzene rings is 1. The van der Waals surface area contributed by atoms with Gasteiger partial charge >= 0.3 is 0 Å². The van der Waals surface area contributed by atoms with Gasteiger partial charge < -0.3 is 19.0 Å². The maximum Gasteiger partial charge on any atom is 0.129 e. The molecule has 0 heterocycles. The van der Waals surface area contributed by atoms with Gasteiger partial charge in [-0.25, -0.2) is 0 Å². The van der Waals surface area contributed by atoms with E-state index < -0.39 is 0 Å². The summed E-state index contributed by atoms with van der Waals surface area (Å²) in [6.07, 6.45) is 6.39. The lowest BCUT2D eigenvalue weighted by Crippen LogP contribution is -2.17. The molecule has 0 fully saturated rings. The summed E-state index contributed by atoms with van der Waals surface area (Å²) in [5, 5.41) is 4.09. The average molecular weight is 488 g/mol. The molecule has 0 saturated heterocycles. The summed E-state index contributed by atoms with van der Waals surface area (Å²) in [5.41, 5.74) is 2.86. The monoisotopic (exact) mass is 487 g/mol. The zero-order valence-electron chi connectivity index (χ0n) is 20.4. The third kappa shape index (κ3) is 12.6. The van der Waals surface area contributed by atoms with Crippen molar-refractivity contribution in [2.45, 2.75) is 79.2 Å². The van der Waals surface area contributed by atoms with Gasteiger partial charge in [0.05, 0.1) is 18.9 Å². The van der Waals surface area contributed by atoms with Crippen LogP contribution in [-0.4, -0.2) is 37.7 Å². The highest BCUT2D eigenvalue weighted by Gasteiger charge is 2.12. The Labute approximate surface area is 204 Å². The Morgan fingerprint density at radius 1 is 0.969 bits per heavy atom. The van der Waals surface area contributed by atoms with Gasteiger partial charge in [0, 0.05) is 6.61 Å². The van der Waals surface area contributed by atoms with Crippen LogP contribution in [0.1, 0.15) is 71.9 Å². The lowest BCUT2D eigenvalue weighted by Gasteiger charge is -2.17. The summed E-state index contributed by atoms with van der Waals surface area (Å²) in [6, 6.07) is 4.07. The first-order valence-corrected chi connectivity index (χ1v) is 12.1. The van der Waals surface area contributed by atoms with Gasteiger partial charge in [0.25, 0.3) is 0 Å². The molecule has 1 aromatic carbocycles. The summed E-state index contributed by atoms with van der Waals surface area (Å²) in [7, 11) is 0. The van der Waals surface area contributed by atoms with Crippen LogP contribution in [0.15, 0.2) is 27.9 Å². The zero-order chi connectivity index (χ0) is 24.0. The molecule has 182 valence electrons. The smallest absolute Gasteiger partial charge is 0.129 e. The molecule has 0 unspecified atom stereocenters. The van der Waals surface area contributed by atoms with Crippen LogP contribution in [0.2, 0.25) is 0 Å². The second-order valence-corrected chi connectivity index (χ2v) is 9.58. The van der Waals surface area contributed by atoms with Crippen LogP contribution in [0.4, 0.5) is 0 Å². The number of aryl methyl sites for hydroxylation is 2. The molecule has 0 amide bonds. The fraction of sp³-hybridized carbons (Fsp3) is 0.640. The Kier molecular flexibility index (Phi) is 13.8. The molecule has 0 bridgehead atoms. The van der Waals surface area contributed by atoms with Crippen molar-refractivity contribution in [2.24, 2.45) is 5.16 Å². The Bertz CT molecular complexity index is 713. The number of hydrogen-bond donors (Lipinski definition) is 0. The van der Waals surface area contributed by atoms with E-state index in [0.717, 1.165) is 60.4 Å². The normalized spacial score (nSPS) is 11.9. The van der Waals surface area contributed by atoms with Gasteiger partial charge in [-0.2, -0.15) is 0 Å².